The molecule has 1 aliphatic rings. The van der Waals surface area contributed by atoms with Gasteiger partial charge in [-0.1, -0.05) is 6.92 Å². The van der Waals surface area contributed by atoms with Crippen LogP contribution in [0.3, 0.4) is 0 Å². The minimum absolute atomic E-state index is 0.911. The highest BCUT2D eigenvalue weighted by atomic mass is 16.5. The van der Waals surface area contributed by atoms with Gasteiger partial charge in [-0.3, -0.25) is 0 Å². The molecule has 0 spiro atoms. The average Bonchev–Trinajstić information content (AvgIpc) is 2.87. The normalized spacial score (nSPS) is 16.8. The monoisotopic (exact) mass is 171 g/mol. The molecule has 1 aliphatic carbocycles. The molecule has 0 saturated heterocycles. The van der Waals surface area contributed by atoms with Gasteiger partial charge >= 0.3 is 0 Å². The van der Waals surface area contributed by atoms with Crippen molar-refractivity contribution in [2.24, 2.45) is 5.92 Å². The van der Waals surface area contributed by atoms with Crippen molar-refractivity contribution in [3.05, 3.63) is 0 Å². The molecule has 0 aromatic rings. The van der Waals surface area contributed by atoms with Crippen LogP contribution in [-0.4, -0.2) is 26.3 Å². The fourth-order valence-electron chi connectivity index (χ4n) is 1.14. The SMILES string of the molecule is CCCNCCCOCC1CC1. The smallest absolute Gasteiger partial charge is 0.0494 e. The first-order chi connectivity index (χ1) is 5.93. The maximum atomic E-state index is 5.50. The number of nitrogens with one attached hydrogen (secondary N) is 1. The van der Waals surface area contributed by atoms with Crippen LogP contribution >= 0.6 is 0 Å². The highest BCUT2D eigenvalue weighted by Gasteiger charge is 2.20. The summed E-state index contributed by atoms with van der Waals surface area (Å²) in [6.45, 7) is 6.39. The second-order valence-electron chi connectivity index (χ2n) is 3.62. The van der Waals surface area contributed by atoms with Gasteiger partial charge in [0.25, 0.3) is 0 Å². The third-order valence-corrected chi connectivity index (χ3v) is 2.12. The first-order valence-corrected chi connectivity index (χ1v) is 5.22. The average molecular weight is 171 g/mol. The van der Waals surface area contributed by atoms with Crippen LogP contribution in [-0.2, 0) is 4.74 Å². The number of hydrogen-bond acceptors (Lipinski definition) is 2. The van der Waals surface area contributed by atoms with Crippen LogP contribution in [0.2, 0.25) is 0 Å². The summed E-state index contributed by atoms with van der Waals surface area (Å²) in [5.74, 6) is 0.911. The summed E-state index contributed by atoms with van der Waals surface area (Å²) in [4.78, 5) is 0. The summed E-state index contributed by atoms with van der Waals surface area (Å²) < 4.78 is 5.50. The van der Waals surface area contributed by atoms with Crippen LogP contribution in [0.4, 0.5) is 0 Å². The highest BCUT2D eigenvalue weighted by molar-refractivity contribution is 4.71. The molecule has 72 valence electrons. The standard InChI is InChI=1S/C10H21NO/c1-2-6-11-7-3-8-12-9-10-4-5-10/h10-11H,2-9H2,1H3. The summed E-state index contributed by atoms with van der Waals surface area (Å²) in [7, 11) is 0. The van der Waals surface area contributed by atoms with Crippen molar-refractivity contribution in [3.8, 4) is 0 Å². The van der Waals surface area contributed by atoms with Gasteiger partial charge < -0.3 is 10.1 Å². The Bertz CT molecular complexity index is 102. The number of rotatable bonds is 8. The van der Waals surface area contributed by atoms with Gasteiger partial charge in [0.05, 0.1) is 0 Å². The summed E-state index contributed by atoms with van der Waals surface area (Å²) in [5, 5.41) is 3.36. The Morgan fingerprint density at radius 1 is 1.33 bits per heavy atom. The molecule has 12 heavy (non-hydrogen) atoms. The lowest BCUT2D eigenvalue weighted by molar-refractivity contribution is 0.122. The van der Waals surface area contributed by atoms with E-state index in [4.69, 9.17) is 4.74 Å². The van der Waals surface area contributed by atoms with Crippen molar-refractivity contribution in [1.82, 2.24) is 5.32 Å². The fraction of sp³-hybridized carbons (Fsp3) is 1.00. The van der Waals surface area contributed by atoms with Crippen molar-refractivity contribution < 1.29 is 4.74 Å². The van der Waals surface area contributed by atoms with Gasteiger partial charge in [0.15, 0.2) is 0 Å². The molecule has 0 unspecified atom stereocenters. The summed E-state index contributed by atoms with van der Waals surface area (Å²) in [5.41, 5.74) is 0. The zero-order valence-corrected chi connectivity index (χ0v) is 8.14. The Morgan fingerprint density at radius 3 is 2.83 bits per heavy atom. The molecule has 0 heterocycles. The predicted octanol–water partition coefficient (Wildman–Crippen LogP) is 1.80. The van der Waals surface area contributed by atoms with Gasteiger partial charge in [-0.25, -0.2) is 0 Å². The Hall–Kier alpha value is -0.0800. The minimum Gasteiger partial charge on any atom is -0.381 e. The van der Waals surface area contributed by atoms with Crippen molar-refractivity contribution in [1.29, 1.82) is 0 Å². The maximum absolute atomic E-state index is 5.50. The van der Waals surface area contributed by atoms with Crippen LogP contribution in [0.15, 0.2) is 0 Å². The fourth-order valence-corrected chi connectivity index (χ4v) is 1.14. The van der Waals surface area contributed by atoms with Crippen LogP contribution in [0.25, 0.3) is 0 Å². The number of hydrogen-bond donors (Lipinski definition) is 1. The molecular formula is C10H21NO. The molecule has 0 radical (unpaired) electrons. The Labute approximate surface area is 75.7 Å². The minimum atomic E-state index is 0.911. The molecule has 1 N–H and O–H groups in total. The lowest BCUT2D eigenvalue weighted by Crippen LogP contribution is -2.17. The van der Waals surface area contributed by atoms with E-state index in [1.165, 1.54) is 19.3 Å². The first kappa shape index (κ1) is 10.0. The Balaban J connectivity index is 1.65. The van der Waals surface area contributed by atoms with Crippen LogP contribution in [0.1, 0.15) is 32.6 Å². The van der Waals surface area contributed by atoms with E-state index in [2.05, 4.69) is 12.2 Å². The largest absolute Gasteiger partial charge is 0.381 e. The second kappa shape index (κ2) is 6.44. The topological polar surface area (TPSA) is 21.3 Å². The van der Waals surface area contributed by atoms with Crippen LogP contribution in [0, 0.1) is 5.92 Å². The molecule has 0 bridgehead atoms. The molecule has 2 nitrogen and oxygen atoms in total. The maximum Gasteiger partial charge on any atom is 0.0494 e. The second-order valence-corrected chi connectivity index (χ2v) is 3.62. The van der Waals surface area contributed by atoms with Gasteiger partial charge in [-0.15, -0.1) is 0 Å². The lowest BCUT2D eigenvalue weighted by atomic mass is 10.4. The van der Waals surface area contributed by atoms with Gasteiger partial charge in [-0.2, -0.15) is 0 Å². The molecule has 0 atom stereocenters. The van der Waals surface area contributed by atoms with Crippen molar-refractivity contribution >= 4 is 0 Å². The molecule has 2 heteroatoms. The van der Waals surface area contributed by atoms with Crippen molar-refractivity contribution in [2.75, 3.05) is 26.3 Å². The van der Waals surface area contributed by atoms with Gasteiger partial charge in [0, 0.05) is 13.2 Å². The summed E-state index contributed by atoms with van der Waals surface area (Å²) in [6.07, 6.45) is 5.18. The Morgan fingerprint density at radius 2 is 2.17 bits per heavy atom. The molecular weight excluding hydrogens is 150 g/mol. The summed E-state index contributed by atoms with van der Waals surface area (Å²) in [6, 6.07) is 0. The zero-order chi connectivity index (χ0) is 8.65. The van der Waals surface area contributed by atoms with E-state index in [0.29, 0.717) is 0 Å². The molecule has 0 aliphatic heterocycles. The first-order valence-electron chi connectivity index (χ1n) is 5.22. The van der Waals surface area contributed by atoms with E-state index >= 15 is 0 Å². The van der Waals surface area contributed by atoms with E-state index < -0.39 is 0 Å². The third kappa shape index (κ3) is 5.56. The quantitative estimate of drug-likeness (QED) is 0.562. The van der Waals surface area contributed by atoms with E-state index in [-0.39, 0.29) is 0 Å². The van der Waals surface area contributed by atoms with Crippen molar-refractivity contribution in [3.63, 3.8) is 0 Å². The molecule has 1 fully saturated rings. The van der Waals surface area contributed by atoms with Gasteiger partial charge in [0.2, 0.25) is 0 Å². The van der Waals surface area contributed by atoms with E-state index in [1.807, 2.05) is 0 Å². The molecule has 0 amide bonds. The van der Waals surface area contributed by atoms with E-state index in [1.54, 1.807) is 0 Å². The van der Waals surface area contributed by atoms with Crippen molar-refractivity contribution in [2.45, 2.75) is 32.6 Å². The highest BCUT2D eigenvalue weighted by Crippen LogP contribution is 2.28. The van der Waals surface area contributed by atoms with E-state index in [0.717, 1.165) is 38.6 Å². The third-order valence-electron chi connectivity index (χ3n) is 2.12. The molecule has 0 aromatic heterocycles. The van der Waals surface area contributed by atoms with Gasteiger partial charge in [-0.05, 0) is 44.7 Å². The number of ether oxygens (including phenoxy) is 1. The lowest BCUT2D eigenvalue weighted by Gasteiger charge is -2.03. The molecule has 1 saturated carbocycles. The Kier molecular flexibility index (Phi) is 5.37. The molecule has 1 rings (SSSR count). The predicted molar refractivity (Wildman–Crippen MR) is 51.3 cm³/mol. The van der Waals surface area contributed by atoms with Crippen LogP contribution in [0.5, 0.6) is 0 Å². The zero-order valence-electron chi connectivity index (χ0n) is 8.14. The van der Waals surface area contributed by atoms with E-state index in [9.17, 15) is 0 Å². The van der Waals surface area contributed by atoms with Gasteiger partial charge in [0.1, 0.15) is 0 Å². The van der Waals surface area contributed by atoms with Crippen LogP contribution < -0.4 is 5.32 Å². The summed E-state index contributed by atoms with van der Waals surface area (Å²) >= 11 is 0. The molecule has 0 aromatic carbocycles.